The molecule has 3 nitrogen and oxygen atoms in total. The number of aromatic nitrogens is 2. The fourth-order valence-corrected chi connectivity index (χ4v) is 2.90. The van der Waals surface area contributed by atoms with Gasteiger partial charge in [0.1, 0.15) is 5.69 Å². The maximum atomic E-state index is 12.7. The van der Waals surface area contributed by atoms with Crippen molar-refractivity contribution in [2.45, 2.75) is 13.1 Å². The van der Waals surface area contributed by atoms with E-state index in [1.54, 1.807) is 22.9 Å². The number of carbonyl (C=O) groups excluding carboxylic acids is 1. The lowest BCUT2D eigenvalue weighted by Crippen LogP contribution is -2.10. The Hall–Kier alpha value is -2.15. The van der Waals surface area contributed by atoms with Crippen molar-refractivity contribution in [2.24, 2.45) is 0 Å². The number of fused-ring (bicyclic) bond motifs is 1. The summed E-state index contributed by atoms with van der Waals surface area (Å²) in [6.07, 6.45) is -2.79. The van der Waals surface area contributed by atoms with E-state index in [9.17, 15) is 18.0 Å². The van der Waals surface area contributed by atoms with E-state index in [4.69, 9.17) is 0 Å². The van der Waals surface area contributed by atoms with Gasteiger partial charge in [0.2, 0.25) is 5.78 Å². The van der Waals surface area contributed by atoms with Gasteiger partial charge < -0.3 is 0 Å². The van der Waals surface area contributed by atoms with Gasteiger partial charge >= 0.3 is 6.18 Å². The minimum absolute atomic E-state index is 0.000856. The number of thiazole rings is 1. The van der Waals surface area contributed by atoms with Gasteiger partial charge in [-0.25, -0.2) is 4.98 Å². The molecular weight excluding hydrogens is 301 g/mol. The molecule has 2 aromatic heterocycles. The minimum Gasteiger partial charge on any atom is -0.287 e. The quantitative estimate of drug-likeness (QED) is 0.672. The molecule has 0 N–H and O–H groups in total. The number of imidazole rings is 1. The molecule has 21 heavy (non-hydrogen) atoms. The van der Waals surface area contributed by atoms with E-state index in [1.165, 1.54) is 23.5 Å². The highest BCUT2D eigenvalue weighted by Crippen LogP contribution is 2.30. The molecule has 0 fully saturated rings. The molecule has 0 aliphatic rings. The number of nitrogens with zero attached hydrogens (tertiary/aromatic N) is 2. The summed E-state index contributed by atoms with van der Waals surface area (Å²) in [5.41, 5.74) is -0.0344. The predicted molar refractivity (Wildman–Crippen MR) is 72.7 cm³/mol. The first-order valence-electron chi connectivity index (χ1n) is 6.02. The van der Waals surface area contributed by atoms with Gasteiger partial charge in [-0.3, -0.25) is 9.20 Å². The Morgan fingerprint density at radius 3 is 2.81 bits per heavy atom. The third kappa shape index (κ3) is 2.33. The Balaban J connectivity index is 2.10. The summed E-state index contributed by atoms with van der Waals surface area (Å²) in [5, 5.41) is 1.77. The predicted octanol–water partition coefficient (Wildman–Crippen LogP) is 3.95. The molecule has 0 unspecified atom stereocenters. The number of hydrogen-bond donors (Lipinski definition) is 0. The lowest BCUT2D eigenvalue weighted by Gasteiger charge is -2.08. The van der Waals surface area contributed by atoms with Crippen molar-refractivity contribution >= 4 is 22.1 Å². The van der Waals surface area contributed by atoms with Gasteiger partial charge in [0.25, 0.3) is 0 Å². The van der Waals surface area contributed by atoms with Gasteiger partial charge in [0.05, 0.1) is 11.3 Å². The average Bonchev–Trinajstić information content (AvgIpc) is 2.97. The summed E-state index contributed by atoms with van der Waals surface area (Å²) in [6.45, 7) is 1.67. The first-order chi connectivity index (χ1) is 9.88. The molecule has 0 radical (unpaired) electrons. The topological polar surface area (TPSA) is 34.4 Å². The van der Waals surface area contributed by atoms with Gasteiger partial charge in [0.15, 0.2) is 4.96 Å². The number of halogens is 3. The maximum Gasteiger partial charge on any atom is 0.416 e. The zero-order valence-corrected chi connectivity index (χ0v) is 11.6. The van der Waals surface area contributed by atoms with Crippen LogP contribution in [-0.4, -0.2) is 15.2 Å². The number of hydrogen-bond acceptors (Lipinski definition) is 3. The number of carbonyl (C=O) groups is 1. The van der Waals surface area contributed by atoms with Crippen LogP contribution in [0.5, 0.6) is 0 Å². The van der Waals surface area contributed by atoms with Crippen LogP contribution >= 0.6 is 11.3 Å². The molecule has 0 saturated carbocycles. The molecule has 0 bridgehead atoms. The summed E-state index contributed by atoms with van der Waals surface area (Å²) >= 11 is 1.36. The molecule has 0 amide bonds. The number of ketones is 1. The van der Waals surface area contributed by atoms with Gasteiger partial charge in [-0.2, -0.15) is 13.2 Å². The third-order valence-electron chi connectivity index (χ3n) is 3.10. The Labute approximate surface area is 121 Å². The number of rotatable bonds is 2. The third-order valence-corrected chi connectivity index (χ3v) is 3.86. The first kappa shape index (κ1) is 13.8. The van der Waals surface area contributed by atoms with Gasteiger partial charge in [-0.05, 0) is 19.1 Å². The summed E-state index contributed by atoms with van der Waals surface area (Å²) in [4.78, 5) is 17.4. The van der Waals surface area contributed by atoms with Crippen LogP contribution in [-0.2, 0) is 6.18 Å². The van der Waals surface area contributed by atoms with Crippen molar-refractivity contribution < 1.29 is 18.0 Å². The molecule has 3 aromatic rings. The van der Waals surface area contributed by atoms with Crippen LogP contribution < -0.4 is 0 Å². The van der Waals surface area contributed by atoms with E-state index in [0.29, 0.717) is 16.3 Å². The van der Waals surface area contributed by atoms with E-state index in [1.807, 2.05) is 0 Å². The van der Waals surface area contributed by atoms with Gasteiger partial charge in [0, 0.05) is 17.1 Å². The minimum atomic E-state index is -4.47. The second-order valence-corrected chi connectivity index (χ2v) is 5.38. The van der Waals surface area contributed by atoms with Crippen molar-refractivity contribution in [3.8, 4) is 0 Å². The highest BCUT2D eigenvalue weighted by Gasteiger charge is 2.31. The maximum absolute atomic E-state index is 12.7. The van der Waals surface area contributed by atoms with Crippen LogP contribution in [0.25, 0.3) is 4.96 Å². The molecule has 0 atom stereocenters. The van der Waals surface area contributed by atoms with Gasteiger partial charge in [-0.1, -0.05) is 12.1 Å². The zero-order valence-electron chi connectivity index (χ0n) is 10.8. The lowest BCUT2D eigenvalue weighted by atomic mass is 10.0. The fraction of sp³-hybridized carbons (Fsp3) is 0.143. The molecule has 1 aromatic carbocycles. The average molecular weight is 310 g/mol. The summed E-state index contributed by atoms with van der Waals surface area (Å²) in [5.74, 6) is -0.468. The Bertz CT molecular complexity index is 832. The van der Waals surface area contributed by atoms with Crippen LogP contribution in [0, 0.1) is 6.92 Å². The summed E-state index contributed by atoms with van der Waals surface area (Å²) in [7, 11) is 0. The van der Waals surface area contributed by atoms with Crippen LogP contribution in [0.15, 0.2) is 35.8 Å². The SMILES string of the molecule is Cc1nc2sccn2c1C(=O)c1cccc(C(F)(F)F)c1. The molecular formula is C14H9F3N2OS. The monoisotopic (exact) mass is 310 g/mol. The van der Waals surface area contributed by atoms with Crippen molar-refractivity contribution in [2.75, 3.05) is 0 Å². The molecule has 0 aliphatic heterocycles. The van der Waals surface area contributed by atoms with Crippen molar-refractivity contribution in [1.29, 1.82) is 0 Å². The second-order valence-electron chi connectivity index (χ2n) is 4.51. The highest BCUT2D eigenvalue weighted by atomic mass is 32.1. The van der Waals surface area contributed by atoms with Crippen LogP contribution in [0.3, 0.4) is 0 Å². The Kier molecular flexibility index (Phi) is 3.09. The van der Waals surface area contributed by atoms with Crippen molar-refractivity contribution in [3.63, 3.8) is 0 Å². The molecule has 0 saturated heterocycles. The smallest absolute Gasteiger partial charge is 0.287 e. The zero-order chi connectivity index (χ0) is 15.2. The number of aryl methyl sites for hydroxylation is 1. The van der Waals surface area contributed by atoms with Crippen LogP contribution in [0.2, 0.25) is 0 Å². The molecule has 0 spiro atoms. The Morgan fingerprint density at radius 2 is 2.10 bits per heavy atom. The lowest BCUT2D eigenvalue weighted by molar-refractivity contribution is -0.137. The second kappa shape index (κ2) is 4.70. The molecule has 0 aliphatic carbocycles. The van der Waals surface area contributed by atoms with E-state index < -0.39 is 17.5 Å². The fourth-order valence-electron chi connectivity index (χ4n) is 2.14. The molecule has 108 valence electrons. The Morgan fingerprint density at radius 1 is 1.33 bits per heavy atom. The summed E-state index contributed by atoms with van der Waals surface area (Å²) < 4.78 is 39.8. The van der Waals surface area contributed by atoms with Gasteiger partial charge in [-0.15, -0.1) is 11.3 Å². The van der Waals surface area contributed by atoms with Crippen LogP contribution in [0.1, 0.15) is 27.3 Å². The normalized spacial score (nSPS) is 12.0. The van der Waals surface area contributed by atoms with Crippen molar-refractivity contribution in [3.05, 3.63) is 58.4 Å². The largest absolute Gasteiger partial charge is 0.416 e. The number of alkyl halides is 3. The highest BCUT2D eigenvalue weighted by molar-refractivity contribution is 7.15. The van der Waals surface area contributed by atoms with E-state index in [2.05, 4.69) is 4.98 Å². The molecule has 7 heteroatoms. The van der Waals surface area contributed by atoms with E-state index in [0.717, 1.165) is 12.1 Å². The molecule has 2 heterocycles. The van der Waals surface area contributed by atoms with Crippen molar-refractivity contribution in [1.82, 2.24) is 9.38 Å². The first-order valence-corrected chi connectivity index (χ1v) is 6.90. The number of benzene rings is 1. The summed E-state index contributed by atoms with van der Waals surface area (Å²) in [6, 6.07) is 4.42. The van der Waals surface area contributed by atoms with E-state index >= 15 is 0 Å². The van der Waals surface area contributed by atoms with Crippen LogP contribution in [0.4, 0.5) is 13.2 Å². The molecule has 3 rings (SSSR count). The standard InChI is InChI=1S/C14H9F3N2OS/c1-8-11(19-5-6-21-13(19)18-8)12(20)9-3-2-4-10(7-9)14(15,16)17/h2-7H,1H3. The van der Waals surface area contributed by atoms with E-state index in [-0.39, 0.29) is 5.56 Å².